The lowest BCUT2D eigenvalue weighted by Gasteiger charge is -2.38. The van der Waals surface area contributed by atoms with Crippen molar-refractivity contribution in [3.05, 3.63) is 53.1 Å². The molecule has 0 saturated heterocycles. The van der Waals surface area contributed by atoms with Gasteiger partial charge in [0.25, 0.3) is 0 Å². The van der Waals surface area contributed by atoms with E-state index >= 15 is 0 Å². The third-order valence-electron chi connectivity index (χ3n) is 5.66. The van der Waals surface area contributed by atoms with Crippen molar-refractivity contribution in [2.45, 2.75) is 38.9 Å². The van der Waals surface area contributed by atoms with Crippen molar-refractivity contribution in [2.24, 2.45) is 0 Å². The maximum Gasteiger partial charge on any atom is 0.217 e. The van der Waals surface area contributed by atoms with Crippen LogP contribution in [-0.4, -0.2) is 39.8 Å². The molecule has 156 valence electrons. The maximum absolute atomic E-state index is 11.8. The van der Waals surface area contributed by atoms with Crippen LogP contribution in [0.5, 0.6) is 17.2 Å². The van der Waals surface area contributed by atoms with Crippen molar-refractivity contribution < 1.29 is 23.9 Å². The number of amides is 1. The summed E-state index contributed by atoms with van der Waals surface area (Å²) < 4.78 is 16.3. The number of methoxy groups -OCH3 is 3. The second-order valence-corrected chi connectivity index (χ2v) is 7.56. The van der Waals surface area contributed by atoms with Crippen LogP contribution in [0.2, 0.25) is 0 Å². The molecule has 0 aromatic heterocycles. The summed E-state index contributed by atoms with van der Waals surface area (Å²) in [6.45, 7) is 5.49. The van der Waals surface area contributed by atoms with E-state index < -0.39 is 0 Å². The van der Waals surface area contributed by atoms with Crippen LogP contribution in [0.15, 0.2) is 36.4 Å². The minimum atomic E-state index is -0.0195. The van der Waals surface area contributed by atoms with Gasteiger partial charge in [0.2, 0.25) is 5.91 Å². The van der Waals surface area contributed by atoms with Crippen molar-refractivity contribution in [3.8, 4) is 17.2 Å². The van der Waals surface area contributed by atoms with E-state index in [1.54, 1.807) is 28.3 Å². The Morgan fingerprint density at radius 1 is 1.10 bits per heavy atom. The lowest BCUT2D eigenvalue weighted by Crippen LogP contribution is -3.13. The second-order valence-electron chi connectivity index (χ2n) is 7.56. The Labute approximate surface area is 172 Å². The van der Waals surface area contributed by atoms with E-state index in [-0.39, 0.29) is 18.0 Å². The monoisotopic (exact) mass is 399 g/mol. The first-order valence-corrected chi connectivity index (χ1v) is 9.96. The average molecular weight is 400 g/mol. The summed E-state index contributed by atoms with van der Waals surface area (Å²) in [6.07, 6.45) is 0.949. The molecule has 2 N–H and O–H groups in total. The van der Waals surface area contributed by atoms with Crippen LogP contribution in [-0.2, 0) is 17.8 Å². The molecule has 29 heavy (non-hydrogen) atoms. The van der Waals surface area contributed by atoms with Crippen LogP contribution < -0.4 is 24.4 Å². The van der Waals surface area contributed by atoms with E-state index in [1.807, 2.05) is 12.1 Å². The molecule has 1 unspecified atom stereocenters. The number of fused-ring (bicyclic) bond motifs is 1. The molecular weight excluding hydrogens is 368 g/mol. The highest BCUT2D eigenvalue weighted by Gasteiger charge is 2.36. The summed E-state index contributed by atoms with van der Waals surface area (Å²) >= 11 is 0. The summed E-state index contributed by atoms with van der Waals surface area (Å²) in [5.74, 6) is 2.30. The molecule has 6 heteroatoms. The minimum absolute atomic E-state index is 0.0158. The largest absolute Gasteiger partial charge is 0.497 e. The minimum Gasteiger partial charge on any atom is -0.497 e. The number of benzene rings is 2. The molecule has 1 heterocycles. The molecule has 1 aliphatic rings. The van der Waals surface area contributed by atoms with Gasteiger partial charge in [-0.15, -0.1) is 0 Å². The lowest BCUT2D eigenvalue weighted by atomic mass is 9.87. The third-order valence-corrected chi connectivity index (χ3v) is 5.66. The third kappa shape index (κ3) is 4.65. The van der Waals surface area contributed by atoms with Crippen molar-refractivity contribution >= 4 is 5.91 Å². The zero-order valence-electron chi connectivity index (χ0n) is 17.9. The number of rotatable bonds is 7. The number of hydrogen-bond acceptors (Lipinski definition) is 4. The van der Waals surface area contributed by atoms with E-state index in [1.165, 1.54) is 21.6 Å². The molecule has 0 bridgehead atoms. The van der Waals surface area contributed by atoms with Gasteiger partial charge in [-0.05, 0) is 48.9 Å². The molecule has 2 aromatic rings. The van der Waals surface area contributed by atoms with E-state index in [4.69, 9.17) is 14.2 Å². The molecule has 0 spiro atoms. The van der Waals surface area contributed by atoms with Crippen molar-refractivity contribution in [2.75, 3.05) is 27.9 Å². The van der Waals surface area contributed by atoms with Crippen LogP contribution in [0.3, 0.4) is 0 Å². The number of ether oxygens (including phenoxy) is 3. The van der Waals surface area contributed by atoms with Gasteiger partial charge in [-0.2, -0.15) is 0 Å². The smallest absolute Gasteiger partial charge is 0.217 e. The van der Waals surface area contributed by atoms with Gasteiger partial charge < -0.3 is 24.4 Å². The molecule has 1 amide bonds. The molecule has 1 aliphatic heterocycles. The highest BCUT2D eigenvalue weighted by Crippen LogP contribution is 2.35. The molecule has 6 nitrogen and oxygen atoms in total. The lowest BCUT2D eigenvalue weighted by molar-refractivity contribution is -0.948. The molecule has 0 aliphatic carbocycles. The zero-order chi connectivity index (χ0) is 21.0. The molecule has 3 rings (SSSR count). The van der Waals surface area contributed by atoms with Gasteiger partial charge in [0.1, 0.15) is 18.3 Å². The van der Waals surface area contributed by atoms with E-state index in [2.05, 4.69) is 36.5 Å². The van der Waals surface area contributed by atoms with Crippen LogP contribution >= 0.6 is 0 Å². The highest BCUT2D eigenvalue weighted by atomic mass is 16.5. The van der Waals surface area contributed by atoms with Gasteiger partial charge >= 0.3 is 0 Å². The SMILES string of the molecule is COc1ccc(C[NH+]2CCc3cc(OC)c(OC)cc3[C@H]2[C@@H](C)NC(C)=O)cc1. The molecule has 3 atom stereocenters. The van der Waals surface area contributed by atoms with Gasteiger partial charge in [0, 0.05) is 24.5 Å². The fourth-order valence-corrected chi connectivity index (χ4v) is 4.34. The Bertz CT molecular complexity index is 851. The number of nitrogens with one attached hydrogen (secondary N) is 2. The summed E-state index contributed by atoms with van der Waals surface area (Å²) in [4.78, 5) is 13.2. The summed E-state index contributed by atoms with van der Waals surface area (Å²) in [7, 11) is 4.99. The number of hydrogen-bond donors (Lipinski definition) is 2. The maximum atomic E-state index is 11.8. The van der Waals surface area contributed by atoms with Crippen LogP contribution in [0.1, 0.15) is 36.6 Å². The van der Waals surface area contributed by atoms with Crippen molar-refractivity contribution in [1.29, 1.82) is 0 Å². The first kappa shape index (κ1) is 21.0. The summed E-state index contributed by atoms with van der Waals surface area (Å²) in [6, 6.07) is 12.4. The van der Waals surface area contributed by atoms with Crippen LogP contribution in [0, 0.1) is 0 Å². The quantitative estimate of drug-likeness (QED) is 0.747. The van der Waals surface area contributed by atoms with E-state index in [9.17, 15) is 4.79 Å². The highest BCUT2D eigenvalue weighted by molar-refractivity contribution is 5.73. The Kier molecular flexibility index (Phi) is 6.64. The van der Waals surface area contributed by atoms with Gasteiger partial charge in [-0.25, -0.2) is 0 Å². The van der Waals surface area contributed by atoms with Crippen molar-refractivity contribution in [3.63, 3.8) is 0 Å². The predicted octanol–water partition coefficient (Wildman–Crippen LogP) is 1.92. The number of carbonyl (C=O) groups excluding carboxylic acids is 1. The van der Waals surface area contributed by atoms with Gasteiger partial charge in [-0.3, -0.25) is 4.79 Å². The standard InChI is InChI=1S/C23H30N2O4/c1-15(24-16(2)26)23-20-13-22(29-5)21(28-4)12-18(20)10-11-25(23)14-17-6-8-19(27-3)9-7-17/h6-9,12-13,15,23H,10-11,14H2,1-5H3,(H,24,26)/p+1/t15-,23-/m1/s1. The Hall–Kier alpha value is -2.73. The topological polar surface area (TPSA) is 61.2 Å². The summed E-state index contributed by atoms with van der Waals surface area (Å²) in [5.41, 5.74) is 3.70. The number of quaternary nitrogens is 1. The van der Waals surface area contributed by atoms with Gasteiger partial charge in [0.05, 0.1) is 33.9 Å². The Morgan fingerprint density at radius 2 is 1.76 bits per heavy atom. The van der Waals surface area contributed by atoms with Crippen LogP contribution in [0.25, 0.3) is 0 Å². The molecular formula is C23H31N2O4+. The predicted molar refractivity (Wildman–Crippen MR) is 112 cm³/mol. The molecule has 2 aromatic carbocycles. The Morgan fingerprint density at radius 3 is 2.34 bits per heavy atom. The second kappa shape index (κ2) is 9.18. The first-order chi connectivity index (χ1) is 14.0. The van der Waals surface area contributed by atoms with Gasteiger partial charge in [0.15, 0.2) is 11.5 Å². The van der Waals surface area contributed by atoms with Crippen LogP contribution in [0.4, 0.5) is 0 Å². The fourth-order valence-electron chi connectivity index (χ4n) is 4.34. The van der Waals surface area contributed by atoms with Crippen molar-refractivity contribution in [1.82, 2.24) is 5.32 Å². The van der Waals surface area contributed by atoms with E-state index in [0.717, 1.165) is 36.8 Å². The Balaban J connectivity index is 1.96. The van der Waals surface area contributed by atoms with E-state index in [0.29, 0.717) is 0 Å². The fraction of sp³-hybridized carbons (Fsp3) is 0.435. The van der Waals surface area contributed by atoms with Gasteiger partial charge in [-0.1, -0.05) is 0 Å². The summed E-state index contributed by atoms with van der Waals surface area (Å²) in [5, 5.41) is 3.10. The average Bonchev–Trinajstić information content (AvgIpc) is 2.72. The molecule has 0 fully saturated rings. The number of carbonyl (C=O) groups is 1. The first-order valence-electron chi connectivity index (χ1n) is 9.96. The molecule has 0 saturated carbocycles. The zero-order valence-corrected chi connectivity index (χ0v) is 17.9. The molecule has 0 radical (unpaired) electrons. The normalized spacial score (nSPS) is 19.1.